The van der Waals surface area contributed by atoms with Gasteiger partial charge in [0.2, 0.25) is 0 Å². The van der Waals surface area contributed by atoms with Gasteiger partial charge in [0.25, 0.3) is 5.91 Å². The van der Waals surface area contributed by atoms with Gasteiger partial charge in [0, 0.05) is 18.3 Å². The molecular weight excluding hydrogens is 290 g/mol. The van der Waals surface area contributed by atoms with Crippen LogP contribution in [0.25, 0.3) is 0 Å². The molecule has 0 aliphatic rings. The summed E-state index contributed by atoms with van der Waals surface area (Å²) in [5.74, 6) is -0.196. The third-order valence-corrected chi connectivity index (χ3v) is 3.40. The molecule has 0 fully saturated rings. The summed E-state index contributed by atoms with van der Waals surface area (Å²) < 4.78 is 0. The number of nitrogens with two attached hydrogens (primary N) is 1. The first-order valence-corrected chi connectivity index (χ1v) is 6.53. The number of hydrogen-bond donors (Lipinski definition) is 2. The molecule has 0 saturated carbocycles. The molecule has 0 aliphatic heterocycles. The fourth-order valence-electron chi connectivity index (χ4n) is 1.85. The van der Waals surface area contributed by atoms with Crippen LogP contribution in [0, 0.1) is 0 Å². The Bertz CT molecular complexity index is 684. The minimum absolute atomic E-state index is 0.0154. The molecule has 6 heteroatoms. The number of benzene rings is 2. The van der Waals surface area contributed by atoms with Gasteiger partial charge in [0.05, 0.1) is 10.6 Å². The van der Waals surface area contributed by atoms with E-state index in [0.29, 0.717) is 21.8 Å². The molecule has 0 spiro atoms. The van der Waals surface area contributed by atoms with Gasteiger partial charge in [0.1, 0.15) is 0 Å². The van der Waals surface area contributed by atoms with E-state index >= 15 is 0 Å². The van der Waals surface area contributed by atoms with Gasteiger partial charge in [-0.2, -0.15) is 0 Å². The first-order chi connectivity index (χ1) is 10.0. The van der Waals surface area contributed by atoms with Crippen molar-refractivity contribution in [1.82, 2.24) is 0 Å². The van der Waals surface area contributed by atoms with E-state index < -0.39 is 0 Å². The molecule has 2 rings (SSSR count). The highest BCUT2D eigenvalue weighted by molar-refractivity contribution is 6.34. The third kappa shape index (κ3) is 3.14. The summed E-state index contributed by atoms with van der Waals surface area (Å²) >= 11 is 6.03. The van der Waals surface area contributed by atoms with E-state index in [4.69, 9.17) is 22.5 Å². The minimum Gasteiger partial charge on any atom is -0.409 e. The SMILES string of the molecule is CN(C(=O)c1ccccc1Cl)c1ccc(C(N)=NO)cc1. The van der Waals surface area contributed by atoms with Gasteiger partial charge in [0.15, 0.2) is 5.84 Å². The predicted octanol–water partition coefficient (Wildman–Crippen LogP) is 2.71. The quantitative estimate of drug-likeness (QED) is 0.396. The number of nitrogens with zero attached hydrogens (tertiary/aromatic N) is 2. The maximum Gasteiger partial charge on any atom is 0.259 e. The molecule has 0 heterocycles. The number of carbonyl (C=O) groups excluding carboxylic acids is 1. The minimum atomic E-state index is -0.211. The van der Waals surface area contributed by atoms with Crippen LogP contribution >= 0.6 is 11.6 Å². The van der Waals surface area contributed by atoms with Gasteiger partial charge in [-0.25, -0.2) is 0 Å². The van der Waals surface area contributed by atoms with Crippen molar-refractivity contribution < 1.29 is 10.0 Å². The van der Waals surface area contributed by atoms with E-state index in [1.165, 1.54) is 4.90 Å². The standard InChI is InChI=1S/C15H14ClN3O2/c1-19(15(20)12-4-2-3-5-13(12)16)11-8-6-10(7-9-11)14(17)18-21/h2-9,21H,1H3,(H2,17,18). The molecular formula is C15H14ClN3O2. The Hall–Kier alpha value is -2.53. The monoisotopic (exact) mass is 303 g/mol. The zero-order valence-corrected chi connectivity index (χ0v) is 12.1. The lowest BCUT2D eigenvalue weighted by Gasteiger charge is -2.18. The molecule has 0 radical (unpaired) electrons. The first kappa shape index (κ1) is 14.9. The molecule has 5 nitrogen and oxygen atoms in total. The van der Waals surface area contributed by atoms with Crippen LogP contribution in [0.2, 0.25) is 5.02 Å². The number of rotatable bonds is 3. The van der Waals surface area contributed by atoms with E-state index in [0.717, 1.165) is 0 Å². The number of amides is 1. The van der Waals surface area contributed by atoms with Crippen molar-refractivity contribution in [2.75, 3.05) is 11.9 Å². The van der Waals surface area contributed by atoms with Crippen molar-refractivity contribution in [3.05, 3.63) is 64.7 Å². The number of anilines is 1. The van der Waals surface area contributed by atoms with Gasteiger partial charge in [-0.3, -0.25) is 4.79 Å². The van der Waals surface area contributed by atoms with Crippen LogP contribution in [0.3, 0.4) is 0 Å². The summed E-state index contributed by atoms with van der Waals surface area (Å²) in [5, 5.41) is 11.9. The van der Waals surface area contributed by atoms with E-state index in [1.54, 1.807) is 55.6 Å². The summed E-state index contributed by atoms with van der Waals surface area (Å²) in [5.41, 5.74) is 7.17. The Balaban J connectivity index is 2.26. The third-order valence-electron chi connectivity index (χ3n) is 3.07. The second-order valence-corrected chi connectivity index (χ2v) is 4.78. The second-order valence-electron chi connectivity index (χ2n) is 4.38. The molecule has 108 valence electrons. The van der Waals surface area contributed by atoms with Crippen molar-refractivity contribution in [2.45, 2.75) is 0 Å². The molecule has 0 aromatic heterocycles. The van der Waals surface area contributed by atoms with Crippen molar-refractivity contribution in [1.29, 1.82) is 0 Å². The van der Waals surface area contributed by atoms with E-state index in [1.807, 2.05) is 0 Å². The summed E-state index contributed by atoms with van der Waals surface area (Å²) in [6.07, 6.45) is 0. The van der Waals surface area contributed by atoms with Crippen LogP contribution in [-0.4, -0.2) is 24.0 Å². The van der Waals surface area contributed by atoms with Gasteiger partial charge >= 0.3 is 0 Å². The fraction of sp³-hybridized carbons (Fsp3) is 0.0667. The second kappa shape index (κ2) is 6.28. The normalized spacial score (nSPS) is 11.2. The topological polar surface area (TPSA) is 78.9 Å². The van der Waals surface area contributed by atoms with Crippen LogP contribution in [-0.2, 0) is 0 Å². The lowest BCUT2D eigenvalue weighted by Crippen LogP contribution is -2.26. The molecule has 2 aromatic rings. The molecule has 2 aromatic carbocycles. The van der Waals surface area contributed by atoms with E-state index in [2.05, 4.69) is 5.16 Å². The number of halogens is 1. The summed E-state index contributed by atoms with van der Waals surface area (Å²) in [7, 11) is 1.66. The van der Waals surface area contributed by atoms with Crippen LogP contribution in [0.15, 0.2) is 53.7 Å². The molecule has 21 heavy (non-hydrogen) atoms. The highest BCUT2D eigenvalue weighted by Crippen LogP contribution is 2.21. The van der Waals surface area contributed by atoms with E-state index in [-0.39, 0.29) is 11.7 Å². The average Bonchev–Trinajstić information content (AvgIpc) is 2.53. The Morgan fingerprint density at radius 3 is 2.38 bits per heavy atom. The lowest BCUT2D eigenvalue weighted by molar-refractivity contribution is 0.0993. The molecule has 0 atom stereocenters. The van der Waals surface area contributed by atoms with Crippen molar-refractivity contribution in [3.8, 4) is 0 Å². The van der Waals surface area contributed by atoms with Crippen LogP contribution in [0.4, 0.5) is 5.69 Å². The predicted molar refractivity (Wildman–Crippen MR) is 83.1 cm³/mol. The Labute approximate surface area is 127 Å². The summed E-state index contributed by atoms with van der Waals surface area (Å²) in [4.78, 5) is 13.9. The van der Waals surface area contributed by atoms with E-state index in [9.17, 15) is 4.79 Å². The highest BCUT2D eigenvalue weighted by Gasteiger charge is 2.16. The maximum atomic E-state index is 12.4. The Morgan fingerprint density at radius 2 is 1.81 bits per heavy atom. The van der Waals surface area contributed by atoms with Gasteiger partial charge in [-0.05, 0) is 36.4 Å². The number of carbonyl (C=O) groups is 1. The summed E-state index contributed by atoms with van der Waals surface area (Å²) in [6.45, 7) is 0. The largest absolute Gasteiger partial charge is 0.409 e. The Kier molecular flexibility index (Phi) is 4.45. The lowest BCUT2D eigenvalue weighted by atomic mass is 10.1. The number of amidine groups is 1. The fourth-order valence-corrected chi connectivity index (χ4v) is 2.06. The van der Waals surface area contributed by atoms with Crippen molar-refractivity contribution in [2.24, 2.45) is 10.9 Å². The smallest absolute Gasteiger partial charge is 0.259 e. The first-order valence-electron chi connectivity index (χ1n) is 6.15. The molecule has 0 bridgehead atoms. The van der Waals surface area contributed by atoms with Crippen LogP contribution in [0.1, 0.15) is 15.9 Å². The number of oxime groups is 1. The maximum absolute atomic E-state index is 12.4. The van der Waals surface area contributed by atoms with Gasteiger partial charge in [-0.15, -0.1) is 0 Å². The molecule has 3 N–H and O–H groups in total. The zero-order valence-electron chi connectivity index (χ0n) is 11.3. The zero-order chi connectivity index (χ0) is 15.4. The van der Waals surface area contributed by atoms with Crippen LogP contribution in [0.5, 0.6) is 0 Å². The molecule has 0 saturated heterocycles. The van der Waals surface area contributed by atoms with Gasteiger partial charge < -0.3 is 15.8 Å². The molecule has 0 aliphatic carbocycles. The van der Waals surface area contributed by atoms with Crippen molar-refractivity contribution >= 4 is 29.0 Å². The highest BCUT2D eigenvalue weighted by atomic mass is 35.5. The molecule has 1 amide bonds. The average molecular weight is 304 g/mol. The Morgan fingerprint density at radius 1 is 1.19 bits per heavy atom. The van der Waals surface area contributed by atoms with Crippen molar-refractivity contribution in [3.63, 3.8) is 0 Å². The summed E-state index contributed by atoms with van der Waals surface area (Å²) in [6, 6.07) is 13.6. The molecule has 0 unspecified atom stereocenters. The van der Waals surface area contributed by atoms with Crippen LogP contribution < -0.4 is 10.6 Å². The number of hydrogen-bond acceptors (Lipinski definition) is 3. The van der Waals surface area contributed by atoms with Gasteiger partial charge in [-0.1, -0.05) is 28.9 Å².